The van der Waals surface area contributed by atoms with Crippen molar-refractivity contribution in [3.8, 4) is 0 Å². The summed E-state index contributed by atoms with van der Waals surface area (Å²) in [6, 6.07) is 14.2. The first-order chi connectivity index (χ1) is 14.9. The number of likely N-dealkylation sites (N-methyl/N-ethyl adjacent to an activating group) is 1. The lowest BCUT2D eigenvalue weighted by molar-refractivity contribution is -0.121. The molecule has 0 unspecified atom stereocenters. The fourth-order valence-corrected chi connectivity index (χ4v) is 5.40. The maximum Gasteiger partial charge on any atom is 0.269 e. The molecule has 0 aromatic heterocycles. The van der Waals surface area contributed by atoms with Crippen LogP contribution in [0.4, 0.5) is 5.69 Å². The van der Waals surface area contributed by atoms with Crippen LogP contribution in [0.5, 0.6) is 0 Å². The highest BCUT2D eigenvalue weighted by Gasteiger charge is 2.40. The Bertz CT molecular complexity index is 1080. The number of benzene rings is 2. The molecule has 0 radical (unpaired) electrons. The van der Waals surface area contributed by atoms with Gasteiger partial charge < -0.3 is 15.1 Å². The van der Waals surface area contributed by atoms with Crippen molar-refractivity contribution >= 4 is 27.5 Å². The minimum absolute atomic E-state index is 0.000786. The van der Waals surface area contributed by atoms with E-state index in [0.717, 1.165) is 36.0 Å². The van der Waals surface area contributed by atoms with Crippen molar-refractivity contribution < 1.29 is 18.0 Å². The van der Waals surface area contributed by atoms with Crippen molar-refractivity contribution in [3.05, 3.63) is 59.7 Å². The molecule has 2 heterocycles. The number of hydrogen-bond donors (Lipinski definition) is 1. The molecule has 0 spiro atoms. The van der Waals surface area contributed by atoms with Crippen LogP contribution in [0.25, 0.3) is 0 Å². The highest BCUT2D eigenvalue weighted by atomic mass is 32.2. The van der Waals surface area contributed by atoms with E-state index in [1.54, 1.807) is 12.1 Å². The topological polar surface area (TPSA) is 90.0 Å². The second kappa shape index (κ2) is 8.68. The van der Waals surface area contributed by atoms with Crippen LogP contribution in [0.1, 0.15) is 22.3 Å². The molecule has 31 heavy (non-hydrogen) atoms. The van der Waals surface area contributed by atoms with Crippen LogP contribution in [-0.2, 0) is 21.4 Å². The minimum atomic E-state index is -3.88. The zero-order valence-corrected chi connectivity index (χ0v) is 18.3. The second-order valence-electron chi connectivity index (χ2n) is 7.86. The highest BCUT2D eigenvalue weighted by molar-refractivity contribution is 7.90. The van der Waals surface area contributed by atoms with Crippen molar-refractivity contribution in [2.24, 2.45) is 0 Å². The Hall–Kier alpha value is -2.91. The molecule has 1 N–H and O–H groups in total. The third-order valence-electron chi connectivity index (χ3n) is 5.75. The summed E-state index contributed by atoms with van der Waals surface area (Å²) in [5.74, 6) is -0.884. The number of nitrogens with zero attached hydrogens (tertiary/aromatic N) is 3. The average molecular weight is 443 g/mol. The maximum atomic E-state index is 12.5. The number of fused-ring (bicyclic) bond motifs is 1. The van der Waals surface area contributed by atoms with Gasteiger partial charge in [0, 0.05) is 51.4 Å². The van der Waals surface area contributed by atoms with E-state index in [4.69, 9.17) is 0 Å². The molecule has 0 aliphatic carbocycles. The molecule has 2 aliphatic rings. The van der Waals surface area contributed by atoms with Crippen molar-refractivity contribution in [3.63, 3.8) is 0 Å². The molecule has 2 aromatic rings. The first-order valence-corrected chi connectivity index (χ1v) is 11.8. The number of nitrogens with one attached hydrogen (secondary N) is 1. The van der Waals surface area contributed by atoms with Gasteiger partial charge in [0.2, 0.25) is 5.91 Å². The quantitative estimate of drug-likeness (QED) is 0.725. The largest absolute Gasteiger partial charge is 0.369 e. The monoisotopic (exact) mass is 442 g/mol. The van der Waals surface area contributed by atoms with Crippen molar-refractivity contribution in [2.45, 2.75) is 17.9 Å². The maximum absolute atomic E-state index is 12.5. The lowest BCUT2D eigenvalue weighted by Crippen LogP contribution is -2.44. The fourth-order valence-electron chi connectivity index (χ4n) is 3.83. The summed E-state index contributed by atoms with van der Waals surface area (Å²) >= 11 is 0. The van der Waals surface area contributed by atoms with Crippen LogP contribution < -0.4 is 10.2 Å². The van der Waals surface area contributed by atoms with E-state index >= 15 is 0 Å². The van der Waals surface area contributed by atoms with Gasteiger partial charge in [0.25, 0.3) is 15.9 Å². The molecular formula is C22H26N4O4S. The van der Waals surface area contributed by atoms with Gasteiger partial charge in [-0.2, -0.15) is 0 Å². The van der Waals surface area contributed by atoms with Crippen LogP contribution in [0.3, 0.4) is 0 Å². The summed E-state index contributed by atoms with van der Waals surface area (Å²) in [5.41, 5.74) is 2.28. The number of piperazine rings is 1. The molecule has 4 rings (SSSR count). The number of anilines is 1. The Labute approximate surface area is 182 Å². The second-order valence-corrected chi connectivity index (χ2v) is 9.69. The number of amides is 2. The standard InChI is InChI=1S/C22H26N4O4S/c1-24-12-14-25(15-13-24)18-8-6-17(7-9-18)16-23-21(27)10-11-26-22(28)19-4-2-3-5-20(19)31(26,29)30/h2-9H,10-16H2,1H3,(H,23,27). The number of sulfonamides is 1. The molecule has 2 aromatic carbocycles. The van der Waals surface area contributed by atoms with Gasteiger partial charge in [-0.15, -0.1) is 0 Å². The molecule has 0 bridgehead atoms. The number of carbonyl (C=O) groups excluding carboxylic acids is 2. The smallest absolute Gasteiger partial charge is 0.269 e. The van der Waals surface area contributed by atoms with E-state index in [0.29, 0.717) is 6.54 Å². The molecular weight excluding hydrogens is 416 g/mol. The van der Waals surface area contributed by atoms with Crippen LogP contribution >= 0.6 is 0 Å². The molecule has 164 valence electrons. The molecule has 8 nitrogen and oxygen atoms in total. The minimum Gasteiger partial charge on any atom is -0.369 e. The normalized spacial score (nSPS) is 18.2. The van der Waals surface area contributed by atoms with Gasteiger partial charge in [0.1, 0.15) is 4.90 Å². The van der Waals surface area contributed by atoms with Gasteiger partial charge in [0.05, 0.1) is 5.56 Å². The average Bonchev–Trinajstić information content (AvgIpc) is 2.97. The van der Waals surface area contributed by atoms with Gasteiger partial charge >= 0.3 is 0 Å². The Morgan fingerprint density at radius 2 is 1.68 bits per heavy atom. The van der Waals surface area contributed by atoms with E-state index in [1.807, 2.05) is 12.1 Å². The Kier molecular flexibility index (Phi) is 5.97. The summed E-state index contributed by atoms with van der Waals surface area (Å²) in [5, 5.41) is 2.80. The summed E-state index contributed by atoms with van der Waals surface area (Å²) in [7, 11) is -1.76. The Balaban J connectivity index is 1.28. The van der Waals surface area contributed by atoms with E-state index in [-0.39, 0.29) is 29.3 Å². The summed E-state index contributed by atoms with van der Waals surface area (Å²) in [6.45, 7) is 4.24. The molecule has 2 amide bonds. The van der Waals surface area contributed by atoms with Gasteiger partial charge in [-0.25, -0.2) is 12.7 Å². The number of rotatable bonds is 6. The van der Waals surface area contributed by atoms with E-state index < -0.39 is 15.9 Å². The SMILES string of the molecule is CN1CCN(c2ccc(CNC(=O)CCN3C(=O)c4ccccc4S3(=O)=O)cc2)CC1. The summed E-state index contributed by atoms with van der Waals surface area (Å²) in [4.78, 5) is 29.3. The third-order valence-corrected chi connectivity index (χ3v) is 7.59. The van der Waals surface area contributed by atoms with Crippen LogP contribution in [-0.4, -0.2) is 69.2 Å². The highest BCUT2D eigenvalue weighted by Crippen LogP contribution is 2.29. The van der Waals surface area contributed by atoms with Gasteiger partial charge in [-0.3, -0.25) is 9.59 Å². The zero-order valence-electron chi connectivity index (χ0n) is 17.5. The molecule has 1 fully saturated rings. The zero-order chi connectivity index (χ0) is 22.0. The third kappa shape index (κ3) is 4.42. The predicted molar refractivity (Wildman–Crippen MR) is 117 cm³/mol. The lowest BCUT2D eigenvalue weighted by atomic mass is 10.1. The van der Waals surface area contributed by atoms with Crippen molar-refractivity contribution in [1.82, 2.24) is 14.5 Å². The summed E-state index contributed by atoms with van der Waals surface area (Å²) in [6.07, 6.45) is -0.0850. The fraction of sp³-hybridized carbons (Fsp3) is 0.364. The molecule has 2 aliphatic heterocycles. The van der Waals surface area contributed by atoms with E-state index in [9.17, 15) is 18.0 Å². The van der Waals surface area contributed by atoms with Crippen LogP contribution in [0.15, 0.2) is 53.4 Å². The van der Waals surface area contributed by atoms with Gasteiger partial charge in [0.15, 0.2) is 0 Å². The van der Waals surface area contributed by atoms with Gasteiger partial charge in [-0.05, 0) is 36.9 Å². The van der Waals surface area contributed by atoms with Crippen molar-refractivity contribution in [1.29, 1.82) is 0 Å². The van der Waals surface area contributed by atoms with E-state index in [2.05, 4.69) is 34.3 Å². The number of carbonyl (C=O) groups is 2. The Morgan fingerprint density at radius 1 is 1.00 bits per heavy atom. The lowest BCUT2D eigenvalue weighted by Gasteiger charge is -2.34. The molecule has 1 saturated heterocycles. The predicted octanol–water partition coefficient (Wildman–Crippen LogP) is 1.29. The molecule has 0 atom stereocenters. The molecule has 0 saturated carbocycles. The molecule has 9 heteroatoms. The Morgan fingerprint density at radius 3 is 2.35 bits per heavy atom. The van der Waals surface area contributed by atoms with Crippen molar-refractivity contribution in [2.75, 3.05) is 44.7 Å². The first kappa shape index (κ1) is 21.3. The van der Waals surface area contributed by atoms with Crippen LogP contribution in [0, 0.1) is 0 Å². The summed E-state index contributed by atoms with van der Waals surface area (Å²) < 4.78 is 25.8. The van der Waals surface area contributed by atoms with Gasteiger partial charge in [-0.1, -0.05) is 24.3 Å². The first-order valence-electron chi connectivity index (χ1n) is 10.3. The number of hydrogen-bond acceptors (Lipinski definition) is 6. The van der Waals surface area contributed by atoms with E-state index in [1.165, 1.54) is 17.8 Å². The van der Waals surface area contributed by atoms with Crippen LogP contribution in [0.2, 0.25) is 0 Å².